The predicted molar refractivity (Wildman–Crippen MR) is 69.2 cm³/mol. The lowest BCUT2D eigenvalue weighted by molar-refractivity contribution is 0.582. The largest absolute Gasteiger partial charge is 0.297 e. The van der Waals surface area contributed by atoms with Crippen LogP contribution in [0.25, 0.3) is 11.4 Å². The molecular formula is C10H12ClN5O2S. The van der Waals surface area contributed by atoms with Crippen molar-refractivity contribution in [2.45, 2.75) is 32.5 Å². The molecule has 0 aromatic carbocycles. The number of hydrogen-bond donors (Lipinski definition) is 0. The Hall–Kier alpha value is -1.54. The molecule has 0 fully saturated rings. The van der Waals surface area contributed by atoms with Gasteiger partial charge in [0.15, 0.2) is 5.82 Å². The summed E-state index contributed by atoms with van der Waals surface area (Å²) in [4.78, 5) is 0. The van der Waals surface area contributed by atoms with Crippen LogP contribution in [0.3, 0.4) is 0 Å². The zero-order valence-corrected chi connectivity index (χ0v) is 12.2. The molecule has 0 atom stereocenters. The maximum absolute atomic E-state index is 11.4. The number of aryl methyl sites for hydroxylation is 2. The predicted octanol–water partition coefficient (Wildman–Crippen LogP) is 1.30. The summed E-state index contributed by atoms with van der Waals surface area (Å²) in [6.07, 6.45) is 0. The molecule has 2 rings (SSSR count). The first-order chi connectivity index (χ1) is 8.84. The van der Waals surface area contributed by atoms with E-state index in [0.717, 1.165) is 0 Å². The summed E-state index contributed by atoms with van der Waals surface area (Å²) in [7, 11) is 1.41. The SMILES string of the molecule is CCn1c(-c2cc(C)nnc2C)nnc1S(=O)(=O)Cl. The molecule has 0 saturated heterocycles. The Morgan fingerprint density at radius 2 is 1.89 bits per heavy atom. The minimum atomic E-state index is -3.93. The molecule has 0 aliphatic heterocycles. The third-order valence-electron chi connectivity index (χ3n) is 2.59. The molecule has 7 nitrogen and oxygen atoms in total. The molecule has 0 N–H and O–H groups in total. The third kappa shape index (κ3) is 2.59. The Labute approximate surface area is 115 Å². The second kappa shape index (κ2) is 4.86. The minimum absolute atomic E-state index is 0.263. The first-order valence-electron chi connectivity index (χ1n) is 5.53. The molecule has 9 heteroatoms. The van der Waals surface area contributed by atoms with Gasteiger partial charge < -0.3 is 0 Å². The highest BCUT2D eigenvalue weighted by atomic mass is 35.7. The van der Waals surface area contributed by atoms with Gasteiger partial charge in [-0.1, -0.05) is 0 Å². The normalized spacial score (nSPS) is 11.8. The molecule has 0 aliphatic carbocycles. The summed E-state index contributed by atoms with van der Waals surface area (Å²) in [5.41, 5.74) is 2.04. The van der Waals surface area contributed by atoms with Gasteiger partial charge in [-0.2, -0.15) is 10.2 Å². The van der Waals surface area contributed by atoms with Gasteiger partial charge in [-0.15, -0.1) is 10.2 Å². The number of nitrogens with zero attached hydrogens (tertiary/aromatic N) is 5. The maximum Gasteiger partial charge on any atom is 0.296 e. The van der Waals surface area contributed by atoms with E-state index in [1.807, 2.05) is 0 Å². The van der Waals surface area contributed by atoms with Gasteiger partial charge in [-0.3, -0.25) is 4.57 Å². The third-order valence-corrected chi connectivity index (χ3v) is 3.75. The first kappa shape index (κ1) is 13.9. The Kier molecular flexibility index (Phi) is 3.55. The van der Waals surface area contributed by atoms with Crippen molar-refractivity contribution in [3.05, 3.63) is 17.5 Å². The zero-order valence-electron chi connectivity index (χ0n) is 10.6. The van der Waals surface area contributed by atoms with Crippen LogP contribution in [0.2, 0.25) is 0 Å². The van der Waals surface area contributed by atoms with Crippen molar-refractivity contribution in [2.75, 3.05) is 0 Å². The lowest BCUT2D eigenvalue weighted by Gasteiger charge is -2.07. The zero-order chi connectivity index (χ0) is 14.2. The van der Waals surface area contributed by atoms with Crippen molar-refractivity contribution in [3.63, 3.8) is 0 Å². The molecule has 0 bridgehead atoms. The van der Waals surface area contributed by atoms with E-state index in [0.29, 0.717) is 29.3 Å². The molecule has 102 valence electrons. The van der Waals surface area contributed by atoms with Crippen LogP contribution in [0, 0.1) is 13.8 Å². The van der Waals surface area contributed by atoms with E-state index in [2.05, 4.69) is 20.4 Å². The van der Waals surface area contributed by atoms with Gasteiger partial charge in [0.25, 0.3) is 14.2 Å². The Balaban J connectivity index is 2.70. The van der Waals surface area contributed by atoms with Crippen LogP contribution in [0.1, 0.15) is 18.3 Å². The molecule has 0 amide bonds. The lowest BCUT2D eigenvalue weighted by Crippen LogP contribution is -2.07. The van der Waals surface area contributed by atoms with Crippen molar-refractivity contribution in [2.24, 2.45) is 0 Å². The van der Waals surface area contributed by atoms with E-state index in [4.69, 9.17) is 10.7 Å². The molecule has 0 saturated carbocycles. The smallest absolute Gasteiger partial charge is 0.296 e. The van der Waals surface area contributed by atoms with Crippen LogP contribution >= 0.6 is 10.7 Å². The van der Waals surface area contributed by atoms with Gasteiger partial charge in [0.05, 0.1) is 11.4 Å². The van der Waals surface area contributed by atoms with Gasteiger partial charge in [-0.05, 0) is 26.8 Å². The van der Waals surface area contributed by atoms with Crippen molar-refractivity contribution < 1.29 is 8.42 Å². The number of rotatable bonds is 3. The second-order valence-electron chi connectivity index (χ2n) is 3.97. The van der Waals surface area contributed by atoms with Crippen LogP contribution in [0.4, 0.5) is 0 Å². The fraction of sp³-hybridized carbons (Fsp3) is 0.400. The van der Waals surface area contributed by atoms with Crippen molar-refractivity contribution in [1.82, 2.24) is 25.0 Å². The Bertz CT molecular complexity index is 726. The number of hydrogen-bond acceptors (Lipinski definition) is 6. The average Bonchev–Trinajstić information content (AvgIpc) is 2.75. The standard InChI is InChI=1S/C10H12ClN5O2S/c1-4-16-9(14-15-10(16)19(11,17)18)8-5-6(2)12-13-7(8)3/h5H,4H2,1-3H3. The van der Waals surface area contributed by atoms with E-state index < -0.39 is 9.05 Å². The molecule has 2 aromatic heterocycles. The molecule has 19 heavy (non-hydrogen) atoms. The molecule has 0 aliphatic rings. The van der Waals surface area contributed by atoms with E-state index in [1.165, 1.54) is 4.57 Å². The fourth-order valence-corrected chi connectivity index (χ4v) is 2.69. The summed E-state index contributed by atoms with van der Waals surface area (Å²) in [5, 5.41) is 15.2. The van der Waals surface area contributed by atoms with Crippen LogP contribution in [0.15, 0.2) is 11.2 Å². The van der Waals surface area contributed by atoms with Crippen LogP contribution in [-0.4, -0.2) is 33.4 Å². The molecule has 0 radical (unpaired) electrons. The summed E-state index contributed by atoms with van der Waals surface area (Å²) >= 11 is 0. The van der Waals surface area contributed by atoms with Crippen LogP contribution in [0.5, 0.6) is 0 Å². The molecule has 2 heterocycles. The molecular weight excluding hydrogens is 290 g/mol. The second-order valence-corrected chi connectivity index (χ2v) is 6.43. The van der Waals surface area contributed by atoms with E-state index in [-0.39, 0.29) is 5.16 Å². The van der Waals surface area contributed by atoms with Crippen molar-refractivity contribution in [1.29, 1.82) is 0 Å². The number of aromatic nitrogens is 5. The van der Waals surface area contributed by atoms with Crippen molar-refractivity contribution >= 4 is 19.7 Å². The highest BCUT2D eigenvalue weighted by Gasteiger charge is 2.23. The van der Waals surface area contributed by atoms with Crippen LogP contribution < -0.4 is 0 Å². The van der Waals surface area contributed by atoms with Gasteiger partial charge in [0.1, 0.15) is 0 Å². The quantitative estimate of drug-likeness (QED) is 0.794. The highest BCUT2D eigenvalue weighted by molar-refractivity contribution is 8.13. The lowest BCUT2D eigenvalue weighted by atomic mass is 10.2. The molecule has 2 aromatic rings. The molecule has 0 spiro atoms. The maximum atomic E-state index is 11.4. The summed E-state index contributed by atoms with van der Waals surface area (Å²) in [6, 6.07) is 1.78. The summed E-state index contributed by atoms with van der Waals surface area (Å²) in [6.45, 7) is 5.73. The monoisotopic (exact) mass is 301 g/mol. The van der Waals surface area contributed by atoms with Gasteiger partial charge in [-0.25, -0.2) is 8.42 Å². The van der Waals surface area contributed by atoms with Gasteiger partial charge in [0, 0.05) is 22.8 Å². The fourth-order valence-electron chi connectivity index (χ4n) is 1.73. The van der Waals surface area contributed by atoms with Gasteiger partial charge in [0.2, 0.25) is 0 Å². The average molecular weight is 302 g/mol. The topological polar surface area (TPSA) is 90.6 Å². The molecule has 0 unspecified atom stereocenters. The van der Waals surface area contributed by atoms with Crippen LogP contribution in [-0.2, 0) is 15.6 Å². The highest BCUT2D eigenvalue weighted by Crippen LogP contribution is 2.24. The number of halogens is 1. The summed E-state index contributed by atoms with van der Waals surface area (Å²) < 4.78 is 24.3. The minimum Gasteiger partial charge on any atom is -0.297 e. The van der Waals surface area contributed by atoms with E-state index in [1.54, 1.807) is 26.8 Å². The van der Waals surface area contributed by atoms with Crippen molar-refractivity contribution in [3.8, 4) is 11.4 Å². The van der Waals surface area contributed by atoms with E-state index >= 15 is 0 Å². The van der Waals surface area contributed by atoms with E-state index in [9.17, 15) is 8.42 Å². The Morgan fingerprint density at radius 3 is 2.47 bits per heavy atom. The first-order valence-corrected chi connectivity index (χ1v) is 7.84. The Morgan fingerprint density at radius 1 is 1.21 bits per heavy atom. The van der Waals surface area contributed by atoms with Gasteiger partial charge >= 0.3 is 0 Å². The summed E-state index contributed by atoms with van der Waals surface area (Å²) in [5.74, 6) is 0.414.